The van der Waals surface area contributed by atoms with E-state index < -0.39 is 23.7 Å². The molecule has 0 amide bonds. The van der Waals surface area contributed by atoms with Crippen molar-refractivity contribution in [2.45, 2.75) is 25.1 Å². The highest BCUT2D eigenvalue weighted by Crippen LogP contribution is 2.35. The Morgan fingerprint density at radius 1 is 1.27 bits per heavy atom. The molecule has 1 N–H and O–H groups in total. The lowest BCUT2D eigenvalue weighted by Crippen LogP contribution is -2.41. The first-order valence-electron chi connectivity index (χ1n) is 6.15. The molecule has 0 saturated carbocycles. The van der Waals surface area contributed by atoms with Crippen LogP contribution in [0.15, 0.2) is 22.8 Å². The Bertz CT molecular complexity index is 824. The van der Waals surface area contributed by atoms with Gasteiger partial charge < -0.3 is 9.17 Å². The number of aromatic nitrogens is 1. The maximum Gasteiger partial charge on any atom is 0.534 e. The van der Waals surface area contributed by atoms with Crippen LogP contribution in [0.5, 0.6) is 5.75 Å². The third-order valence-electron chi connectivity index (χ3n) is 2.99. The molecular weight excluding hydrogens is 403 g/mol. The fraction of sp³-hybridized carbons (Fsp3) is 0.333. The summed E-state index contributed by atoms with van der Waals surface area (Å²) in [5.74, 6) is -0.288. The second-order valence-electron chi connectivity index (χ2n) is 5.73. The van der Waals surface area contributed by atoms with Crippen molar-refractivity contribution in [1.82, 2.24) is 4.98 Å². The number of hydrogen-bond donors (Lipinski definition) is 1. The van der Waals surface area contributed by atoms with Crippen molar-refractivity contribution in [3.8, 4) is 5.75 Å². The second-order valence-corrected chi connectivity index (χ2v) is 13.1. The van der Waals surface area contributed by atoms with Gasteiger partial charge in [-0.2, -0.15) is 21.6 Å². The summed E-state index contributed by atoms with van der Waals surface area (Å²) in [6, 6.07) is 3.20. The van der Waals surface area contributed by atoms with Crippen molar-refractivity contribution >= 4 is 50.2 Å². The van der Waals surface area contributed by atoms with Gasteiger partial charge in [-0.05, 0) is 33.2 Å². The highest BCUT2D eigenvalue weighted by atomic mass is 79.9. The van der Waals surface area contributed by atoms with Crippen LogP contribution in [0.2, 0.25) is 19.6 Å². The highest BCUT2D eigenvalue weighted by molar-refractivity contribution is 9.10. The van der Waals surface area contributed by atoms with Gasteiger partial charge in [-0.25, -0.2) is 0 Å². The molecule has 0 saturated heterocycles. The third kappa shape index (κ3) is 3.04. The van der Waals surface area contributed by atoms with Crippen LogP contribution >= 0.6 is 15.9 Å². The van der Waals surface area contributed by atoms with Crippen LogP contribution in [0.25, 0.3) is 10.9 Å². The number of rotatable bonds is 3. The van der Waals surface area contributed by atoms with Crippen LogP contribution < -0.4 is 9.37 Å². The van der Waals surface area contributed by atoms with Crippen molar-refractivity contribution < 1.29 is 25.8 Å². The molecule has 0 spiro atoms. The summed E-state index contributed by atoms with van der Waals surface area (Å²) >= 11 is 3.11. The van der Waals surface area contributed by atoms with Crippen LogP contribution in [0, 0.1) is 0 Å². The molecule has 122 valence electrons. The van der Waals surface area contributed by atoms with E-state index in [4.69, 9.17) is 0 Å². The summed E-state index contributed by atoms with van der Waals surface area (Å²) in [5.41, 5.74) is -4.78. The van der Waals surface area contributed by atoms with Gasteiger partial charge in [-0.3, -0.25) is 0 Å². The SMILES string of the molecule is C[Si](C)(C)c1c(OS(=O)(=O)C(F)(F)F)c(Br)cc2[nH]ccc12. The van der Waals surface area contributed by atoms with Crippen molar-refractivity contribution in [2.75, 3.05) is 0 Å². The molecule has 0 bridgehead atoms. The minimum Gasteiger partial charge on any atom is -0.375 e. The van der Waals surface area contributed by atoms with Crippen molar-refractivity contribution in [2.24, 2.45) is 0 Å². The van der Waals surface area contributed by atoms with E-state index in [2.05, 4.69) is 25.1 Å². The largest absolute Gasteiger partial charge is 0.534 e. The van der Waals surface area contributed by atoms with Gasteiger partial charge in [-0.15, -0.1) is 0 Å². The topological polar surface area (TPSA) is 59.2 Å². The quantitative estimate of drug-likeness (QED) is 0.472. The Hall–Kier alpha value is -1.00. The standard InChI is InChI=1S/C12H13BrF3NO3SSi/c1-22(2,3)11-7-4-5-17-9(7)6-8(13)10(11)20-21(18,19)12(14,15)16/h4-6,17H,1-3H3. The molecule has 0 radical (unpaired) electrons. The van der Waals surface area contributed by atoms with Crippen LogP contribution in [0.1, 0.15) is 0 Å². The molecule has 2 rings (SSSR count). The molecule has 0 fully saturated rings. The summed E-state index contributed by atoms with van der Waals surface area (Å²) in [7, 11) is -7.93. The van der Waals surface area contributed by atoms with E-state index >= 15 is 0 Å². The van der Waals surface area contributed by atoms with E-state index in [1.54, 1.807) is 12.3 Å². The van der Waals surface area contributed by atoms with Crippen molar-refractivity contribution in [1.29, 1.82) is 0 Å². The van der Waals surface area contributed by atoms with Crippen LogP contribution in [0.3, 0.4) is 0 Å². The van der Waals surface area contributed by atoms with E-state index in [1.807, 2.05) is 19.6 Å². The molecule has 0 unspecified atom stereocenters. The van der Waals surface area contributed by atoms with Gasteiger partial charge in [0.1, 0.15) is 0 Å². The first-order valence-corrected chi connectivity index (χ1v) is 11.9. The molecule has 1 heterocycles. The summed E-state index contributed by atoms with van der Waals surface area (Å²) in [6.45, 7) is 5.69. The summed E-state index contributed by atoms with van der Waals surface area (Å²) < 4.78 is 65.2. The van der Waals surface area contributed by atoms with Crippen LogP contribution in [-0.2, 0) is 10.1 Å². The first kappa shape index (κ1) is 17.4. The van der Waals surface area contributed by atoms with Gasteiger partial charge in [0.25, 0.3) is 0 Å². The molecule has 0 aliphatic rings. The Morgan fingerprint density at radius 3 is 2.36 bits per heavy atom. The lowest BCUT2D eigenvalue weighted by atomic mass is 10.2. The average Bonchev–Trinajstić information content (AvgIpc) is 2.73. The molecule has 0 aliphatic heterocycles. The van der Waals surface area contributed by atoms with Crippen molar-refractivity contribution in [3.63, 3.8) is 0 Å². The van der Waals surface area contributed by atoms with Gasteiger partial charge in [0.15, 0.2) is 5.75 Å². The first-order chi connectivity index (χ1) is 9.84. The molecule has 0 aliphatic carbocycles. The number of alkyl halides is 3. The Balaban J connectivity index is 2.76. The summed E-state index contributed by atoms with van der Waals surface area (Å²) in [6.07, 6.45) is 1.64. The molecule has 0 atom stereocenters. The molecule has 1 aromatic heterocycles. The zero-order valence-corrected chi connectivity index (χ0v) is 15.3. The predicted octanol–water partition coefficient (Wildman–Crippen LogP) is 3.70. The molecular formula is C12H13BrF3NO3SSi. The lowest BCUT2D eigenvalue weighted by molar-refractivity contribution is -0.0499. The maximum absolute atomic E-state index is 12.6. The number of aromatic amines is 1. The lowest BCUT2D eigenvalue weighted by Gasteiger charge is -2.23. The Morgan fingerprint density at radius 2 is 1.86 bits per heavy atom. The summed E-state index contributed by atoms with van der Waals surface area (Å²) in [5, 5.41) is 1.17. The zero-order valence-electron chi connectivity index (χ0n) is 11.9. The normalized spacial score (nSPS) is 13.6. The van der Waals surface area contributed by atoms with E-state index in [-0.39, 0.29) is 10.2 Å². The Labute approximate surface area is 134 Å². The second kappa shape index (κ2) is 5.27. The molecule has 4 nitrogen and oxygen atoms in total. The number of benzene rings is 1. The average molecular weight is 416 g/mol. The predicted molar refractivity (Wildman–Crippen MR) is 84.6 cm³/mol. The fourth-order valence-electron chi connectivity index (χ4n) is 2.14. The van der Waals surface area contributed by atoms with Gasteiger partial charge in [-0.1, -0.05) is 19.6 Å². The van der Waals surface area contributed by atoms with E-state index in [0.29, 0.717) is 16.1 Å². The molecule has 1 aromatic carbocycles. The molecule has 2 aromatic rings. The number of hydrogen-bond acceptors (Lipinski definition) is 3. The minimum atomic E-state index is -5.73. The monoisotopic (exact) mass is 415 g/mol. The van der Waals surface area contributed by atoms with E-state index in [1.165, 1.54) is 6.07 Å². The summed E-state index contributed by atoms with van der Waals surface area (Å²) in [4.78, 5) is 2.96. The van der Waals surface area contributed by atoms with E-state index in [0.717, 1.165) is 0 Å². The molecule has 10 heteroatoms. The van der Waals surface area contributed by atoms with E-state index in [9.17, 15) is 21.6 Å². The third-order valence-corrected chi connectivity index (χ3v) is 6.53. The van der Waals surface area contributed by atoms with Gasteiger partial charge >= 0.3 is 15.6 Å². The minimum absolute atomic E-state index is 0.160. The smallest absolute Gasteiger partial charge is 0.375 e. The number of fused-ring (bicyclic) bond motifs is 1. The maximum atomic E-state index is 12.6. The van der Waals surface area contributed by atoms with Crippen LogP contribution in [0.4, 0.5) is 13.2 Å². The highest BCUT2D eigenvalue weighted by Gasteiger charge is 2.49. The molecule has 22 heavy (non-hydrogen) atoms. The fourth-order valence-corrected chi connectivity index (χ4v) is 5.39. The zero-order chi connectivity index (χ0) is 16.9. The number of halogens is 4. The van der Waals surface area contributed by atoms with Crippen molar-refractivity contribution in [3.05, 3.63) is 22.8 Å². The van der Waals surface area contributed by atoms with Gasteiger partial charge in [0.05, 0.1) is 12.5 Å². The number of H-pyrrole nitrogens is 1. The van der Waals surface area contributed by atoms with Gasteiger partial charge in [0, 0.05) is 17.1 Å². The van der Waals surface area contributed by atoms with Crippen LogP contribution in [-0.4, -0.2) is 27.0 Å². The van der Waals surface area contributed by atoms with Gasteiger partial charge in [0.2, 0.25) is 0 Å². The number of nitrogens with one attached hydrogen (secondary N) is 1. The Kier molecular flexibility index (Phi) is 4.16.